The zero-order valence-corrected chi connectivity index (χ0v) is 13.0. The Labute approximate surface area is 130 Å². The molecule has 1 aromatic carbocycles. The summed E-state index contributed by atoms with van der Waals surface area (Å²) in [7, 11) is 0. The summed E-state index contributed by atoms with van der Waals surface area (Å²) in [5.74, 6) is 1.12. The van der Waals surface area contributed by atoms with E-state index in [-0.39, 0.29) is 11.9 Å². The zero-order valence-electron chi connectivity index (χ0n) is 13.0. The largest absolute Gasteiger partial charge is 0.474 e. The summed E-state index contributed by atoms with van der Waals surface area (Å²) < 4.78 is 20.9. The van der Waals surface area contributed by atoms with Crippen LogP contribution < -0.4 is 0 Å². The van der Waals surface area contributed by atoms with Gasteiger partial charge in [0.15, 0.2) is 0 Å². The highest BCUT2D eigenvalue weighted by atomic mass is 19.1. The average Bonchev–Trinajstić information content (AvgIpc) is 3.10. The maximum Gasteiger partial charge on any atom is 0.233 e. The lowest BCUT2D eigenvalue weighted by molar-refractivity contribution is 0.300. The van der Waals surface area contributed by atoms with E-state index in [2.05, 4.69) is 18.4 Å². The molecule has 0 radical (unpaired) electrons. The Morgan fingerprint density at radius 1 is 1.27 bits per heavy atom. The topological polar surface area (TPSA) is 26.5 Å². The van der Waals surface area contributed by atoms with Gasteiger partial charge in [0.25, 0.3) is 0 Å². The van der Waals surface area contributed by atoms with E-state index >= 15 is 0 Å². The van der Waals surface area contributed by atoms with Crippen LogP contribution in [0.25, 0.3) is 0 Å². The molecule has 0 saturated carbocycles. The number of aliphatic imine (C=N–C) groups is 1. The Bertz CT molecular complexity index is 658. The molecule has 1 aliphatic heterocycles. The van der Waals surface area contributed by atoms with Crippen LogP contribution in [-0.4, -0.2) is 23.1 Å². The number of rotatable bonds is 5. The second kappa shape index (κ2) is 6.34. The number of benzene rings is 1. The number of halogens is 1. The molecule has 0 saturated heterocycles. The molecule has 2 aromatic rings. The van der Waals surface area contributed by atoms with Gasteiger partial charge in [0, 0.05) is 12.7 Å². The number of hydrogen-bond acceptors (Lipinski definition) is 2. The van der Waals surface area contributed by atoms with Crippen molar-refractivity contribution in [1.82, 2.24) is 4.57 Å². The smallest absolute Gasteiger partial charge is 0.233 e. The van der Waals surface area contributed by atoms with E-state index in [1.165, 1.54) is 12.1 Å². The first kappa shape index (κ1) is 14.8. The summed E-state index contributed by atoms with van der Waals surface area (Å²) in [6.45, 7) is 5.74. The molecular formula is C18H21FN2O. The lowest BCUT2D eigenvalue weighted by Crippen LogP contribution is -2.11. The molecule has 4 heteroatoms. The molecule has 0 spiro atoms. The first-order valence-corrected chi connectivity index (χ1v) is 7.72. The van der Waals surface area contributed by atoms with Gasteiger partial charge in [-0.05, 0) is 42.2 Å². The molecule has 0 bridgehead atoms. The van der Waals surface area contributed by atoms with Crippen molar-refractivity contribution in [2.24, 2.45) is 10.9 Å². The lowest BCUT2D eigenvalue weighted by Gasteiger charge is -2.09. The summed E-state index contributed by atoms with van der Waals surface area (Å²) in [6, 6.07) is 10.8. The predicted octanol–water partition coefficient (Wildman–Crippen LogP) is 3.87. The van der Waals surface area contributed by atoms with Crippen LogP contribution in [0.5, 0.6) is 0 Å². The van der Waals surface area contributed by atoms with Crippen molar-refractivity contribution in [1.29, 1.82) is 0 Å². The van der Waals surface area contributed by atoms with Gasteiger partial charge in [0.2, 0.25) is 5.90 Å². The molecule has 22 heavy (non-hydrogen) atoms. The molecule has 0 fully saturated rings. The molecule has 0 N–H and O–H groups in total. The van der Waals surface area contributed by atoms with E-state index in [0.717, 1.165) is 23.6 Å². The van der Waals surface area contributed by atoms with Gasteiger partial charge in [-0.25, -0.2) is 9.38 Å². The van der Waals surface area contributed by atoms with Crippen molar-refractivity contribution in [2.45, 2.75) is 32.9 Å². The highest BCUT2D eigenvalue weighted by Crippen LogP contribution is 2.19. The highest BCUT2D eigenvalue weighted by molar-refractivity contribution is 5.93. The lowest BCUT2D eigenvalue weighted by atomic mass is 10.1. The van der Waals surface area contributed by atoms with Crippen molar-refractivity contribution in [2.75, 3.05) is 6.61 Å². The van der Waals surface area contributed by atoms with Crippen LogP contribution in [0.4, 0.5) is 4.39 Å². The summed E-state index contributed by atoms with van der Waals surface area (Å²) in [4.78, 5) is 4.70. The summed E-state index contributed by atoms with van der Waals surface area (Å²) in [5.41, 5.74) is 2.03. The van der Waals surface area contributed by atoms with E-state index in [1.807, 2.05) is 18.3 Å². The van der Waals surface area contributed by atoms with Gasteiger partial charge in [-0.1, -0.05) is 26.0 Å². The number of nitrogens with zero attached hydrogens (tertiary/aromatic N) is 2. The zero-order chi connectivity index (χ0) is 15.5. The first-order chi connectivity index (χ1) is 10.6. The molecule has 3 rings (SSSR count). The predicted molar refractivity (Wildman–Crippen MR) is 85.7 cm³/mol. The average molecular weight is 300 g/mol. The monoisotopic (exact) mass is 300 g/mol. The van der Waals surface area contributed by atoms with E-state index in [9.17, 15) is 4.39 Å². The van der Waals surface area contributed by atoms with Gasteiger partial charge >= 0.3 is 0 Å². The van der Waals surface area contributed by atoms with Crippen LogP contribution >= 0.6 is 0 Å². The maximum atomic E-state index is 13.0. The minimum Gasteiger partial charge on any atom is -0.474 e. The van der Waals surface area contributed by atoms with Crippen LogP contribution in [0.2, 0.25) is 0 Å². The SMILES string of the molecule is CC(C)C[C@@H]1COC(c2cccn2Cc2ccc(F)cc2)=N1. The van der Waals surface area contributed by atoms with Crippen LogP contribution in [0.15, 0.2) is 47.6 Å². The van der Waals surface area contributed by atoms with Gasteiger partial charge < -0.3 is 9.30 Å². The van der Waals surface area contributed by atoms with Crippen molar-refractivity contribution in [3.8, 4) is 0 Å². The number of aromatic nitrogens is 1. The van der Waals surface area contributed by atoms with E-state index in [0.29, 0.717) is 19.1 Å². The molecular weight excluding hydrogens is 279 g/mol. The molecule has 1 atom stereocenters. The number of hydrogen-bond donors (Lipinski definition) is 0. The minimum atomic E-state index is -0.212. The third-order valence-corrected chi connectivity index (χ3v) is 3.77. The van der Waals surface area contributed by atoms with E-state index in [4.69, 9.17) is 9.73 Å². The molecule has 3 nitrogen and oxygen atoms in total. The Balaban J connectivity index is 1.76. The fourth-order valence-electron chi connectivity index (χ4n) is 2.75. The van der Waals surface area contributed by atoms with E-state index in [1.54, 1.807) is 12.1 Å². The Morgan fingerprint density at radius 2 is 2.05 bits per heavy atom. The fourth-order valence-corrected chi connectivity index (χ4v) is 2.75. The van der Waals surface area contributed by atoms with E-state index < -0.39 is 0 Å². The molecule has 0 aliphatic carbocycles. The van der Waals surface area contributed by atoms with Gasteiger partial charge in [-0.3, -0.25) is 0 Å². The maximum absolute atomic E-state index is 13.0. The summed E-state index contributed by atoms with van der Waals surface area (Å²) >= 11 is 0. The standard InChI is InChI=1S/C18H21FN2O/c1-13(2)10-16-12-22-18(20-16)17-4-3-9-21(17)11-14-5-7-15(19)8-6-14/h3-9,13,16H,10-12H2,1-2H3/t16-/m1/s1. The highest BCUT2D eigenvalue weighted by Gasteiger charge is 2.22. The van der Waals surface area contributed by atoms with Crippen LogP contribution in [0.1, 0.15) is 31.5 Å². The molecule has 116 valence electrons. The van der Waals surface area contributed by atoms with Gasteiger partial charge in [0.1, 0.15) is 18.1 Å². The minimum absolute atomic E-state index is 0.212. The number of ether oxygens (including phenoxy) is 1. The second-order valence-electron chi connectivity index (χ2n) is 6.18. The summed E-state index contributed by atoms with van der Waals surface area (Å²) in [5, 5.41) is 0. The van der Waals surface area contributed by atoms with Crippen LogP contribution in [-0.2, 0) is 11.3 Å². The second-order valence-corrected chi connectivity index (χ2v) is 6.18. The third-order valence-electron chi connectivity index (χ3n) is 3.77. The third kappa shape index (κ3) is 3.38. The molecule has 2 heterocycles. The molecule has 0 amide bonds. The van der Waals surface area contributed by atoms with Gasteiger partial charge in [-0.15, -0.1) is 0 Å². The Morgan fingerprint density at radius 3 is 2.77 bits per heavy atom. The quantitative estimate of drug-likeness (QED) is 0.823. The van der Waals surface area contributed by atoms with Crippen molar-refractivity contribution < 1.29 is 9.13 Å². The van der Waals surface area contributed by atoms with Crippen molar-refractivity contribution >= 4 is 5.90 Å². The molecule has 1 aromatic heterocycles. The van der Waals surface area contributed by atoms with Crippen molar-refractivity contribution in [3.05, 3.63) is 59.7 Å². The normalized spacial score (nSPS) is 17.6. The fraction of sp³-hybridized carbons (Fsp3) is 0.389. The molecule has 1 aliphatic rings. The van der Waals surface area contributed by atoms with Gasteiger partial charge in [0.05, 0.1) is 6.04 Å². The first-order valence-electron chi connectivity index (χ1n) is 7.72. The Hall–Kier alpha value is -2.10. The van der Waals surface area contributed by atoms with Gasteiger partial charge in [-0.2, -0.15) is 0 Å². The van der Waals surface area contributed by atoms with Crippen LogP contribution in [0.3, 0.4) is 0 Å². The molecule has 0 unspecified atom stereocenters. The Kier molecular flexibility index (Phi) is 4.27. The summed E-state index contributed by atoms with van der Waals surface area (Å²) in [6.07, 6.45) is 3.04. The van der Waals surface area contributed by atoms with Crippen molar-refractivity contribution in [3.63, 3.8) is 0 Å². The van der Waals surface area contributed by atoms with Crippen LogP contribution in [0, 0.1) is 11.7 Å².